The molecule has 0 aliphatic rings. The van der Waals surface area contributed by atoms with Crippen LogP contribution in [0.15, 0.2) is 48.5 Å². The fraction of sp³-hybridized carbons (Fsp3) is 0.235. The Morgan fingerprint density at radius 3 is 2.29 bits per heavy atom. The van der Waals surface area contributed by atoms with Crippen LogP contribution in [-0.2, 0) is 0 Å². The number of amides is 1. The number of carbonyl (C=O) groups is 1. The Kier molecular flexibility index (Phi) is 4.82. The van der Waals surface area contributed by atoms with Crippen LogP contribution in [0, 0.1) is 0 Å². The highest BCUT2D eigenvalue weighted by Crippen LogP contribution is 2.29. The van der Waals surface area contributed by atoms with E-state index in [1.807, 2.05) is 43.3 Å². The second-order valence-corrected chi connectivity index (χ2v) is 4.68. The molecule has 0 bridgehead atoms. The van der Waals surface area contributed by atoms with Crippen molar-refractivity contribution < 1.29 is 14.3 Å². The predicted molar refractivity (Wildman–Crippen MR) is 81.9 cm³/mol. The van der Waals surface area contributed by atoms with Gasteiger partial charge >= 0.3 is 0 Å². The normalized spacial score (nSPS) is 11.6. The van der Waals surface area contributed by atoms with Crippen LogP contribution in [0.1, 0.15) is 28.9 Å². The smallest absolute Gasteiger partial charge is 0.251 e. The summed E-state index contributed by atoms with van der Waals surface area (Å²) in [6.45, 7) is 1.93. The molecule has 0 saturated carbocycles. The van der Waals surface area contributed by atoms with E-state index in [0.717, 1.165) is 5.56 Å². The lowest BCUT2D eigenvalue weighted by atomic mass is 10.1. The number of rotatable bonds is 5. The van der Waals surface area contributed by atoms with Gasteiger partial charge in [0.15, 0.2) is 11.5 Å². The minimum Gasteiger partial charge on any atom is -0.493 e. The van der Waals surface area contributed by atoms with Gasteiger partial charge in [-0.05, 0) is 36.8 Å². The summed E-state index contributed by atoms with van der Waals surface area (Å²) in [7, 11) is 3.19. The van der Waals surface area contributed by atoms with Crippen LogP contribution in [0.25, 0.3) is 0 Å². The molecule has 2 aromatic rings. The molecule has 0 aliphatic heterocycles. The number of carbonyl (C=O) groups excluding carboxylic acids is 1. The van der Waals surface area contributed by atoms with Crippen LogP contribution in [0.3, 0.4) is 0 Å². The number of benzene rings is 2. The van der Waals surface area contributed by atoms with Crippen molar-refractivity contribution in [3.8, 4) is 11.5 Å². The maximum absolute atomic E-state index is 12.1. The zero-order valence-electron chi connectivity index (χ0n) is 12.4. The maximum Gasteiger partial charge on any atom is 0.251 e. The summed E-state index contributed by atoms with van der Waals surface area (Å²) < 4.78 is 10.5. The van der Waals surface area contributed by atoms with Gasteiger partial charge in [0, 0.05) is 5.56 Å². The molecular weight excluding hydrogens is 266 g/mol. The highest BCUT2D eigenvalue weighted by atomic mass is 16.5. The number of nitrogens with one attached hydrogen (secondary N) is 1. The summed E-state index contributed by atoms with van der Waals surface area (Å²) in [5.41, 5.74) is 1.60. The van der Waals surface area contributed by atoms with Crippen molar-refractivity contribution >= 4 is 5.91 Å². The van der Waals surface area contributed by atoms with Crippen molar-refractivity contribution in [1.82, 2.24) is 5.32 Å². The van der Waals surface area contributed by atoms with E-state index < -0.39 is 0 Å². The lowest BCUT2D eigenvalue weighted by molar-refractivity contribution is 0.0940. The minimum absolute atomic E-state index is 0.0992. The number of hydrogen-bond donors (Lipinski definition) is 1. The zero-order valence-corrected chi connectivity index (χ0v) is 12.4. The molecule has 4 nitrogen and oxygen atoms in total. The Labute approximate surface area is 124 Å². The molecule has 0 saturated heterocycles. The van der Waals surface area contributed by atoms with Crippen LogP contribution >= 0.6 is 0 Å². The van der Waals surface area contributed by atoms with Crippen molar-refractivity contribution in [2.24, 2.45) is 0 Å². The second kappa shape index (κ2) is 6.79. The molecule has 0 aliphatic carbocycles. The molecule has 0 heterocycles. The molecule has 2 aromatic carbocycles. The van der Waals surface area contributed by atoms with E-state index in [1.165, 1.54) is 0 Å². The molecule has 0 radical (unpaired) electrons. The van der Waals surface area contributed by atoms with Crippen LogP contribution in [-0.4, -0.2) is 20.1 Å². The molecule has 4 heteroatoms. The van der Waals surface area contributed by atoms with Crippen molar-refractivity contribution in [3.05, 3.63) is 59.7 Å². The average Bonchev–Trinajstić information content (AvgIpc) is 2.54. The molecular formula is C17H19NO3. The molecule has 0 fully saturated rings. The number of hydrogen-bond acceptors (Lipinski definition) is 3. The molecule has 0 spiro atoms. The summed E-state index contributed by atoms with van der Waals surface area (Å²) in [6.07, 6.45) is 0. The summed E-state index contributed by atoms with van der Waals surface area (Å²) in [5, 5.41) is 2.97. The predicted octanol–water partition coefficient (Wildman–Crippen LogP) is 3.19. The SMILES string of the molecule is COc1ccc(C(C)NC(=O)c2ccccc2)cc1OC. The maximum atomic E-state index is 12.1. The van der Waals surface area contributed by atoms with Gasteiger partial charge in [0.2, 0.25) is 0 Å². The van der Waals surface area contributed by atoms with Gasteiger partial charge < -0.3 is 14.8 Å². The van der Waals surface area contributed by atoms with Crippen LogP contribution in [0.4, 0.5) is 0 Å². The van der Waals surface area contributed by atoms with Crippen molar-refractivity contribution in [2.75, 3.05) is 14.2 Å². The summed E-state index contributed by atoms with van der Waals surface area (Å²) in [6, 6.07) is 14.6. The fourth-order valence-corrected chi connectivity index (χ4v) is 2.07. The largest absolute Gasteiger partial charge is 0.493 e. The molecule has 1 amide bonds. The van der Waals surface area contributed by atoms with E-state index in [9.17, 15) is 4.79 Å². The first-order valence-electron chi connectivity index (χ1n) is 6.73. The Morgan fingerprint density at radius 1 is 1.00 bits per heavy atom. The summed E-state index contributed by atoms with van der Waals surface area (Å²) in [5.74, 6) is 1.22. The lowest BCUT2D eigenvalue weighted by Gasteiger charge is -2.16. The van der Waals surface area contributed by atoms with E-state index in [4.69, 9.17) is 9.47 Å². The van der Waals surface area contributed by atoms with Gasteiger partial charge in [-0.15, -0.1) is 0 Å². The van der Waals surface area contributed by atoms with E-state index in [0.29, 0.717) is 17.1 Å². The van der Waals surface area contributed by atoms with Gasteiger partial charge in [-0.2, -0.15) is 0 Å². The van der Waals surface area contributed by atoms with Crippen molar-refractivity contribution in [1.29, 1.82) is 0 Å². The van der Waals surface area contributed by atoms with Gasteiger partial charge in [-0.1, -0.05) is 24.3 Å². The summed E-state index contributed by atoms with van der Waals surface area (Å²) >= 11 is 0. The first-order valence-corrected chi connectivity index (χ1v) is 6.73. The van der Waals surface area contributed by atoms with Gasteiger partial charge in [-0.25, -0.2) is 0 Å². The number of methoxy groups -OCH3 is 2. The van der Waals surface area contributed by atoms with Crippen LogP contribution in [0.2, 0.25) is 0 Å². The van der Waals surface area contributed by atoms with Gasteiger partial charge in [0.05, 0.1) is 20.3 Å². The van der Waals surface area contributed by atoms with Gasteiger partial charge in [-0.3, -0.25) is 4.79 Å². The third-order valence-electron chi connectivity index (χ3n) is 3.29. The average molecular weight is 285 g/mol. The summed E-state index contributed by atoms with van der Waals surface area (Å²) in [4.78, 5) is 12.1. The first kappa shape index (κ1) is 14.9. The van der Waals surface area contributed by atoms with E-state index in [-0.39, 0.29) is 11.9 Å². The van der Waals surface area contributed by atoms with Crippen LogP contribution < -0.4 is 14.8 Å². The molecule has 110 valence electrons. The van der Waals surface area contributed by atoms with Crippen molar-refractivity contribution in [2.45, 2.75) is 13.0 Å². The molecule has 2 rings (SSSR count). The topological polar surface area (TPSA) is 47.6 Å². The van der Waals surface area contributed by atoms with E-state index in [2.05, 4.69) is 5.32 Å². The Hall–Kier alpha value is -2.49. The van der Waals surface area contributed by atoms with Crippen molar-refractivity contribution in [3.63, 3.8) is 0 Å². The van der Waals surface area contributed by atoms with Crippen LogP contribution in [0.5, 0.6) is 11.5 Å². The molecule has 1 N–H and O–H groups in total. The second-order valence-electron chi connectivity index (χ2n) is 4.68. The zero-order chi connectivity index (χ0) is 15.2. The van der Waals surface area contributed by atoms with E-state index >= 15 is 0 Å². The van der Waals surface area contributed by atoms with Gasteiger partial charge in [0.1, 0.15) is 0 Å². The number of ether oxygens (including phenoxy) is 2. The standard InChI is InChI=1S/C17H19NO3/c1-12(18-17(19)13-7-5-4-6-8-13)14-9-10-15(20-2)16(11-14)21-3/h4-12H,1-3H3,(H,18,19). The Balaban J connectivity index is 2.13. The lowest BCUT2D eigenvalue weighted by Crippen LogP contribution is -2.26. The molecule has 1 atom stereocenters. The van der Waals surface area contributed by atoms with E-state index in [1.54, 1.807) is 26.4 Å². The molecule has 1 unspecified atom stereocenters. The quantitative estimate of drug-likeness (QED) is 0.917. The molecule has 0 aromatic heterocycles. The first-order chi connectivity index (χ1) is 10.2. The highest BCUT2D eigenvalue weighted by molar-refractivity contribution is 5.94. The fourth-order valence-electron chi connectivity index (χ4n) is 2.07. The Bertz CT molecular complexity index is 611. The minimum atomic E-state index is -0.127. The monoisotopic (exact) mass is 285 g/mol. The van der Waals surface area contributed by atoms with Gasteiger partial charge in [0.25, 0.3) is 5.91 Å². The highest BCUT2D eigenvalue weighted by Gasteiger charge is 2.13. The third-order valence-corrected chi connectivity index (χ3v) is 3.29. The Morgan fingerprint density at radius 2 is 1.67 bits per heavy atom. The third kappa shape index (κ3) is 3.54. The molecule has 21 heavy (non-hydrogen) atoms.